The van der Waals surface area contributed by atoms with Gasteiger partial charge in [0.1, 0.15) is 0 Å². The first-order valence-electron chi connectivity index (χ1n) is 26.9. The Labute approximate surface area is 438 Å². The Morgan fingerprint density at radius 1 is 0.452 bits per heavy atom. The first-order valence-corrected chi connectivity index (χ1v) is 27.7. The van der Waals surface area contributed by atoms with Crippen LogP contribution in [0.2, 0.25) is 0 Å². The molecule has 1 aliphatic carbocycles. The van der Waals surface area contributed by atoms with E-state index in [-0.39, 0.29) is 33.9 Å². The van der Waals surface area contributed by atoms with Crippen molar-refractivity contribution in [3.05, 3.63) is 186 Å². The van der Waals surface area contributed by atoms with Crippen molar-refractivity contribution in [2.75, 3.05) is 14.7 Å². The third kappa shape index (κ3) is 6.90. The van der Waals surface area contributed by atoms with E-state index in [0.29, 0.717) is 0 Å². The first kappa shape index (κ1) is 46.2. The predicted molar refractivity (Wildman–Crippen MR) is 318 cm³/mol. The molecule has 0 N–H and O–H groups in total. The summed E-state index contributed by atoms with van der Waals surface area (Å²) in [4.78, 5) is 8.15. The van der Waals surface area contributed by atoms with E-state index in [1.165, 1.54) is 135 Å². The van der Waals surface area contributed by atoms with Crippen LogP contribution in [0, 0.1) is 0 Å². The van der Waals surface area contributed by atoms with Crippen LogP contribution in [0.3, 0.4) is 0 Å². The maximum atomic E-state index is 2.80. The van der Waals surface area contributed by atoms with Gasteiger partial charge in [-0.05, 0) is 146 Å². The third-order valence-electron chi connectivity index (χ3n) is 17.9. The summed E-state index contributed by atoms with van der Waals surface area (Å²) in [5, 5.41) is 2.66. The van der Waals surface area contributed by atoms with Crippen LogP contribution >= 0.6 is 11.3 Å². The quantitative estimate of drug-likeness (QED) is 0.163. The van der Waals surface area contributed by atoms with Crippen molar-refractivity contribution in [2.24, 2.45) is 0 Å². The van der Waals surface area contributed by atoms with E-state index in [4.69, 9.17) is 0 Å². The largest absolute Gasteiger partial charge is 0.334 e. The molecule has 4 heterocycles. The zero-order valence-corrected chi connectivity index (χ0v) is 45.6. The van der Waals surface area contributed by atoms with Crippen LogP contribution in [-0.2, 0) is 21.7 Å². The Kier molecular flexibility index (Phi) is 10.1. The smallest absolute Gasteiger partial charge is 0.252 e. The Morgan fingerprint density at radius 2 is 1.05 bits per heavy atom. The second-order valence-electron chi connectivity index (χ2n) is 25.3. The molecule has 2 unspecified atom stereocenters. The van der Waals surface area contributed by atoms with Crippen LogP contribution in [0.1, 0.15) is 124 Å². The Balaban J connectivity index is 1.20. The number of benzene rings is 8. The summed E-state index contributed by atoms with van der Waals surface area (Å²) in [6.07, 6.45) is 4.78. The van der Waals surface area contributed by atoms with Gasteiger partial charge in [-0.3, -0.25) is 0 Å². The highest BCUT2D eigenvalue weighted by Gasteiger charge is 2.58. The van der Waals surface area contributed by atoms with Crippen LogP contribution in [0.15, 0.2) is 164 Å². The summed E-state index contributed by atoms with van der Waals surface area (Å²) in [7, 11) is 0. The van der Waals surface area contributed by atoms with E-state index >= 15 is 0 Å². The van der Waals surface area contributed by atoms with E-state index in [1.54, 1.807) is 0 Å². The molecule has 3 nitrogen and oxygen atoms in total. The molecule has 0 bridgehead atoms. The molecular weight excluding hydrogens is 902 g/mol. The van der Waals surface area contributed by atoms with Crippen molar-refractivity contribution in [1.82, 2.24) is 0 Å². The van der Waals surface area contributed by atoms with Gasteiger partial charge in [-0.25, -0.2) is 0 Å². The molecule has 0 amide bonds. The lowest BCUT2D eigenvalue weighted by atomic mass is 9.33. The fourth-order valence-electron chi connectivity index (χ4n) is 13.6. The van der Waals surface area contributed by atoms with Crippen LogP contribution < -0.4 is 31.1 Å². The fourth-order valence-corrected chi connectivity index (χ4v) is 14.7. The predicted octanol–water partition coefficient (Wildman–Crippen LogP) is 17.4. The molecule has 1 fully saturated rings. The molecule has 9 aromatic rings. The summed E-state index contributed by atoms with van der Waals surface area (Å²) in [5.74, 6) is 0. The zero-order valence-electron chi connectivity index (χ0n) is 44.7. The molecule has 4 aliphatic rings. The summed E-state index contributed by atoms with van der Waals surface area (Å²) >= 11 is 1.92. The highest BCUT2D eigenvalue weighted by atomic mass is 32.1. The molecule has 8 aromatic carbocycles. The number of anilines is 8. The van der Waals surface area contributed by atoms with Gasteiger partial charge in [-0.1, -0.05) is 185 Å². The number of hydrogen-bond donors (Lipinski definition) is 0. The second-order valence-corrected chi connectivity index (χ2v) is 26.4. The fraction of sp³-hybridized carbons (Fsp3) is 0.294. The van der Waals surface area contributed by atoms with Crippen molar-refractivity contribution in [2.45, 2.75) is 129 Å². The topological polar surface area (TPSA) is 9.72 Å². The van der Waals surface area contributed by atoms with Gasteiger partial charge in [0, 0.05) is 65.6 Å². The molecule has 1 saturated carbocycles. The maximum absolute atomic E-state index is 2.80. The molecule has 13 rings (SSSR count). The van der Waals surface area contributed by atoms with Crippen LogP contribution in [0.25, 0.3) is 31.3 Å². The summed E-state index contributed by atoms with van der Waals surface area (Å²) < 4.78 is 2.64. The van der Waals surface area contributed by atoms with Crippen LogP contribution in [0.5, 0.6) is 0 Å². The molecule has 0 radical (unpaired) electrons. The highest BCUT2D eigenvalue weighted by molar-refractivity contribution is 7.26. The molecule has 3 aliphatic heterocycles. The van der Waals surface area contributed by atoms with Crippen molar-refractivity contribution in [1.29, 1.82) is 0 Å². The lowest BCUT2D eigenvalue weighted by Gasteiger charge is -2.51. The number of rotatable bonds is 4. The van der Waals surface area contributed by atoms with E-state index in [0.717, 1.165) is 6.42 Å². The molecule has 0 saturated heterocycles. The zero-order chi connectivity index (χ0) is 50.6. The molecule has 364 valence electrons. The molecule has 5 heteroatoms. The molecule has 73 heavy (non-hydrogen) atoms. The number of nitrogens with zero attached hydrogens (tertiary/aromatic N) is 3. The van der Waals surface area contributed by atoms with E-state index < -0.39 is 0 Å². The first-order chi connectivity index (χ1) is 34.8. The van der Waals surface area contributed by atoms with Gasteiger partial charge in [-0.2, -0.15) is 0 Å². The van der Waals surface area contributed by atoms with Crippen molar-refractivity contribution < 1.29 is 0 Å². The molecule has 2 atom stereocenters. The van der Waals surface area contributed by atoms with Gasteiger partial charge >= 0.3 is 0 Å². The van der Waals surface area contributed by atoms with Crippen LogP contribution in [0.4, 0.5) is 45.5 Å². The lowest BCUT2D eigenvalue weighted by Crippen LogP contribution is -2.61. The van der Waals surface area contributed by atoms with E-state index in [1.807, 2.05) is 11.3 Å². The van der Waals surface area contributed by atoms with Crippen molar-refractivity contribution in [3.8, 4) is 11.1 Å². The van der Waals surface area contributed by atoms with Crippen molar-refractivity contribution >= 4 is 100 Å². The van der Waals surface area contributed by atoms with Gasteiger partial charge in [0.25, 0.3) is 6.71 Å². The standard InChI is InChI=1S/C68H68BN3S/c1-64(2,3)44-27-31-47(32-28-44)70-57-34-30-46(66(7,8)9)38-53(57)69-54-41-51-49-23-15-18-26-61(49)73-62(51)42-58(54)71(55-33-29-45(65(4,5)6)37-50(55)43-21-13-12-14-22-43)60-40-48(39-59(70)63(60)69)72-56-25-17-16-24-52(56)67(10)35-19-20-36-68(67,72)11/h12-18,21-34,37-42H,19-20,35-36H2,1-11H3. The third-order valence-corrected chi connectivity index (χ3v) is 19.0. The number of fused-ring (bicyclic) bond motifs is 10. The minimum atomic E-state index is -0.132. The monoisotopic (exact) mass is 970 g/mol. The Bertz CT molecular complexity index is 3700. The number of thiophene rings is 1. The summed E-state index contributed by atoms with van der Waals surface area (Å²) in [6, 6.07) is 64.3. The molecule has 0 spiro atoms. The maximum Gasteiger partial charge on any atom is 0.252 e. The van der Waals surface area contributed by atoms with Gasteiger partial charge in [0.05, 0.1) is 11.2 Å². The minimum Gasteiger partial charge on any atom is -0.334 e. The van der Waals surface area contributed by atoms with Crippen molar-refractivity contribution in [3.63, 3.8) is 0 Å². The minimum absolute atomic E-state index is 0.00171. The Hall–Kier alpha value is -6.56. The number of para-hydroxylation sites is 1. The summed E-state index contributed by atoms with van der Waals surface area (Å²) in [5.41, 5.74) is 21.8. The highest BCUT2D eigenvalue weighted by Crippen LogP contribution is 2.62. The van der Waals surface area contributed by atoms with E-state index in [2.05, 4.69) is 255 Å². The normalized spacial score (nSPS) is 19.2. The average molecular weight is 970 g/mol. The van der Waals surface area contributed by atoms with Gasteiger partial charge in [-0.15, -0.1) is 11.3 Å². The number of hydrogen-bond acceptors (Lipinski definition) is 4. The van der Waals surface area contributed by atoms with E-state index in [9.17, 15) is 0 Å². The Morgan fingerprint density at radius 3 is 1.78 bits per heavy atom. The second kappa shape index (κ2) is 16.0. The van der Waals surface area contributed by atoms with Gasteiger partial charge in [0.15, 0.2) is 0 Å². The molecular formula is C68H68BN3S. The van der Waals surface area contributed by atoms with Gasteiger partial charge < -0.3 is 14.7 Å². The SMILES string of the molecule is CC(C)(C)c1ccc(N2c3ccc(C(C)(C)C)cc3B3c4cc5c(cc4N(c4ccc(C(C)(C)C)cc4-c4ccccc4)c4cc(N6c7ccccc7C7(C)CCCCC67C)cc2c43)sc2ccccc25)cc1. The lowest BCUT2D eigenvalue weighted by molar-refractivity contribution is 0.195. The summed E-state index contributed by atoms with van der Waals surface area (Å²) in [6.45, 7) is 26.2. The van der Waals surface area contributed by atoms with Gasteiger partial charge in [0.2, 0.25) is 0 Å². The van der Waals surface area contributed by atoms with Crippen LogP contribution in [-0.4, -0.2) is 12.3 Å². The molecule has 1 aromatic heterocycles. The average Bonchev–Trinajstić information content (AvgIpc) is 3.84.